The first-order valence-corrected chi connectivity index (χ1v) is 12.7. The lowest BCUT2D eigenvalue weighted by Crippen LogP contribution is -1.97. The zero-order chi connectivity index (χ0) is 22.9. The van der Waals surface area contributed by atoms with Gasteiger partial charge in [0.2, 0.25) is 0 Å². The molecule has 0 spiro atoms. The Morgan fingerprint density at radius 3 is 1.47 bits per heavy atom. The number of hydrogen-bond acceptors (Lipinski definition) is 3. The molecule has 0 aliphatic carbocycles. The maximum absolute atomic E-state index is 10.8. The SMILES string of the molecule is CCCCCCCCCCCCCCCCOc1ccc(-c2ccc([N+](=O)[O-])cc2)cc1. The summed E-state index contributed by atoms with van der Waals surface area (Å²) in [5.41, 5.74) is 2.11. The Hall–Kier alpha value is -2.36. The van der Waals surface area contributed by atoms with Crippen molar-refractivity contribution in [1.82, 2.24) is 0 Å². The molecule has 4 heteroatoms. The van der Waals surface area contributed by atoms with Crippen molar-refractivity contribution in [3.05, 3.63) is 58.6 Å². The Morgan fingerprint density at radius 2 is 1.03 bits per heavy atom. The number of nitro benzene ring substituents is 1. The van der Waals surface area contributed by atoms with E-state index in [1.807, 2.05) is 24.3 Å². The van der Waals surface area contributed by atoms with E-state index in [2.05, 4.69) is 6.92 Å². The lowest BCUT2D eigenvalue weighted by molar-refractivity contribution is -0.384. The number of nitro groups is 1. The van der Waals surface area contributed by atoms with Crippen molar-refractivity contribution in [1.29, 1.82) is 0 Å². The summed E-state index contributed by atoms with van der Waals surface area (Å²) < 4.78 is 5.87. The first-order valence-electron chi connectivity index (χ1n) is 12.7. The molecule has 0 atom stereocenters. The van der Waals surface area contributed by atoms with Crippen LogP contribution in [0.2, 0.25) is 0 Å². The minimum Gasteiger partial charge on any atom is -0.494 e. The smallest absolute Gasteiger partial charge is 0.269 e. The average Bonchev–Trinajstić information content (AvgIpc) is 2.82. The van der Waals surface area contributed by atoms with Gasteiger partial charge in [0.15, 0.2) is 0 Å². The molecular weight excluding hydrogens is 398 g/mol. The lowest BCUT2D eigenvalue weighted by atomic mass is 10.0. The molecule has 0 N–H and O–H groups in total. The van der Waals surface area contributed by atoms with Gasteiger partial charge in [0.05, 0.1) is 11.5 Å². The third-order valence-corrected chi connectivity index (χ3v) is 6.03. The first-order chi connectivity index (χ1) is 15.7. The van der Waals surface area contributed by atoms with E-state index in [4.69, 9.17) is 4.74 Å². The molecule has 4 nitrogen and oxygen atoms in total. The van der Waals surface area contributed by atoms with Crippen molar-refractivity contribution in [2.45, 2.75) is 96.8 Å². The Kier molecular flexibility index (Phi) is 13.2. The summed E-state index contributed by atoms with van der Waals surface area (Å²) in [4.78, 5) is 10.4. The molecule has 0 amide bonds. The molecule has 0 aliphatic rings. The van der Waals surface area contributed by atoms with Crippen molar-refractivity contribution in [2.24, 2.45) is 0 Å². The van der Waals surface area contributed by atoms with E-state index in [-0.39, 0.29) is 10.6 Å². The predicted octanol–water partition coefficient (Wildman–Crippen LogP) is 9.12. The van der Waals surface area contributed by atoms with Gasteiger partial charge in [-0.05, 0) is 41.8 Å². The molecular formula is C28H41NO3. The standard InChI is InChI=1S/C28H41NO3/c1-2-3-4-5-6-7-8-9-10-11-12-13-14-15-24-32-28-22-18-26(19-23-28)25-16-20-27(21-17-25)29(30)31/h16-23H,2-15,24H2,1H3. The van der Waals surface area contributed by atoms with E-state index in [1.165, 1.54) is 95.6 Å². The molecule has 0 aliphatic heterocycles. The molecule has 2 rings (SSSR count). The van der Waals surface area contributed by atoms with Gasteiger partial charge in [-0.2, -0.15) is 0 Å². The average molecular weight is 440 g/mol. The first kappa shape index (κ1) is 25.9. The second-order valence-electron chi connectivity index (χ2n) is 8.77. The van der Waals surface area contributed by atoms with Gasteiger partial charge in [-0.15, -0.1) is 0 Å². The van der Waals surface area contributed by atoms with E-state index in [9.17, 15) is 10.1 Å². The highest BCUT2D eigenvalue weighted by Gasteiger charge is 2.05. The number of benzene rings is 2. The van der Waals surface area contributed by atoms with E-state index >= 15 is 0 Å². The molecule has 32 heavy (non-hydrogen) atoms. The van der Waals surface area contributed by atoms with Crippen LogP contribution in [0.5, 0.6) is 5.75 Å². The number of hydrogen-bond donors (Lipinski definition) is 0. The minimum atomic E-state index is -0.377. The molecule has 0 unspecified atom stereocenters. The third-order valence-electron chi connectivity index (χ3n) is 6.03. The third kappa shape index (κ3) is 10.8. The van der Waals surface area contributed by atoms with Gasteiger partial charge in [-0.3, -0.25) is 10.1 Å². The van der Waals surface area contributed by atoms with Crippen molar-refractivity contribution in [2.75, 3.05) is 6.61 Å². The number of nitrogens with zero attached hydrogens (tertiary/aromatic N) is 1. The zero-order valence-electron chi connectivity index (χ0n) is 19.9. The molecule has 0 aromatic heterocycles. The van der Waals surface area contributed by atoms with Crippen molar-refractivity contribution in [3.63, 3.8) is 0 Å². The van der Waals surface area contributed by atoms with Crippen LogP contribution >= 0.6 is 0 Å². The molecule has 176 valence electrons. The van der Waals surface area contributed by atoms with E-state index < -0.39 is 0 Å². The van der Waals surface area contributed by atoms with Crippen molar-refractivity contribution < 1.29 is 9.66 Å². The molecule has 2 aromatic rings. The number of rotatable bonds is 18. The second kappa shape index (κ2) is 16.3. The van der Waals surface area contributed by atoms with Crippen molar-refractivity contribution >= 4 is 5.69 Å². The fourth-order valence-electron chi connectivity index (χ4n) is 4.01. The molecule has 0 bridgehead atoms. The van der Waals surface area contributed by atoms with Gasteiger partial charge >= 0.3 is 0 Å². The highest BCUT2D eigenvalue weighted by Crippen LogP contribution is 2.24. The number of ether oxygens (including phenoxy) is 1. The van der Waals surface area contributed by atoms with E-state index in [0.717, 1.165) is 29.9 Å². The molecule has 0 saturated carbocycles. The van der Waals surface area contributed by atoms with Gasteiger partial charge in [0.25, 0.3) is 5.69 Å². The Morgan fingerprint density at radius 1 is 0.625 bits per heavy atom. The van der Waals surface area contributed by atoms with Crippen LogP contribution in [0.4, 0.5) is 5.69 Å². The van der Waals surface area contributed by atoms with Crippen LogP contribution in [0.3, 0.4) is 0 Å². The second-order valence-corrected chi connectivity index (χ2v) is 8.77. The number of unbranched alkanes of at least 4 members (excludes halogenated alkanes) is 13. The van der Waals surface area contributed by atoms with Crippen LogP contribution in [-0.4, -0.2) is 11.5 Å². The van der Waals surface area contributed by atoms with Gasteiger partial charge in [-0.1, -0.05) is 103 Å². The maximum atomic E-state index is 10.8. The Bertz CT molecular complexity index is 740. The van der Waals surface area contributed by atoms with Crippen LogP contribution in [0.1, 0.15) is 96.8 Å². The van der Waals surface area contributed by atoms with Crippen molar-refractivity contribution in [3.8, 4) is 16.9 Å². The lowest BCUT2D eigenvalue weighted by Gasteiger charge is -2.08. The molecule has 0 heterocycles. The summed E-state index contributed by atoms with van der Waals surface area (Å²) >= 11 is 0. The minimum absolute atomic E-state index is 0.113. The highest BCUT2D eigenvalue weighted by atomic mass is 16.6. The summed E-state index contributed by atoms with van der Waals surface area (Å²) in [6.07, 6.45) is 19.0. The van der Waals surface area contributed by atoms with E-state index in [0.29, 0.717) is 0 Å². The van der Waals surface area contributed by atoms with Crippen LogP contribution in [0.15, 0.2) is 48.5 Å². The molecule has 0 fully saturated rings. The largest absolute Gasteiger partial charge is 0.494 e. The highest BCUT2D eigenvalue weighted by molar-refractivity contribution is 5.65. The Balaban J connectivity index is 1.46. The summed E-state index contributed by atoms with van der Waals surface area (Å²) in [7, 11) is 0. The van der Waals surface area contributed by atoms with Crippen LogP contribution in [0, 0.1) is 10.1 Å². The molecule has 0 radical (unpaired) electrons. The summed E-state index contributed by atoms with van der Waals surface area (Å²) in [6.45, 7) is 3.04. The van der Waals surface area contributed by atoms with Crippen LogP contribution < -0.4 is 4.74 Å². The predicted molar refractivity (Wildman–Crippen MR) is 134 cm³/mol. The quantitative estimate of drug-likeness (QED) is 0.132. The van der Waals surface area contributed by atoms with E-state index in [1.54, 1.807) is 12.1 Å². The van der Waals surface area contributed by atoms with Crippen LogP contribution in [-0.2, 0) is 0 Å². The molecule has 2 aromatic carbocycles. The normalized spacial score (nSPS) is 10.9. The summed E-state index contributed by atoms with van der Waals surface area (Å²) in [5, 5.41) is 10.8. The maximum Gasteiger partial charge on any atom is 0.269 e. The molecule has 0 saturated heterocycles. The summed E-state index contributed by atoms with van der Waals surface area (Å²) in [5.74, 6) is 0.880. The van der Waals surface area contributed by atoms with Gasteiger partial charge in [-0.25, -0.2) is 0 Å². The van der Waals surface area contributed by atoms with Crippen LogP contribution in [0.25, 0.3) is 11.1 Å². The summed E-state index contributed by atoms with van der Waals surface area (Å²) in [6, 6.07) is 14.6. The Labute approximate surface area is 194 Å². The fourth-order valence-corrected chi connectivity index (χ4v) is 4.01. The van der Waals surface area contributed by atoms with Gasteiger partial charge in [0, 0.05) is 12.1 Å². The fraction of sp³-hybridized carbons (Fsp3) is 0.571. The number of non-ortho nitro benzene ring substituents is 1. The topological polar surface area (TPSA) is 52.4 Å². The monoisotopic (exact) mass is 439 g/mol. The van der Waals surface area contributed by atoms with Gasteiger partial charge in [0.1, 0.15) is 5.75 Å². The zero-order valence-corrected chi connectivity index (χ0v) is 19.9. The van der Waals surface area contributed by atoms with Gasteiger partial charge < -0.3 is 4.74 Å².